The molecule has 0 radical (unpaired) electrons. The second kappa shape index (κ2) is 3.88. The molecule has 1 unspecified atom stereocenters. The first-order valence-corrected chi connectivity index (χ1v) is 4.71. The van der Waals surface area contributed by atoms with Crippen molar-refractivity contribution in [2.45, 2.75) is 13.0 Å². The molecule has 0 amide bonds. The maximum atomic E-state index is 5.55. The van der Waals surface area contributed by atoms with E-state index in [1.54, 1.807) is 17.1 Å². The van der Waals surface area contributed by atoms with Crippen LogP contribution in [-0.4, -0.2) is 9.78 Å². The van der Waals surface area contributed by atoms with Gasteiger partial charge in [-0.25, -0.2) is 5.43 Å². The van der Waals surface area contributed by atoms with Gasteiger partial charge in [0.25, 0.3) is 0 Å². The molecule has 0 aliphatic carbocycles. The summed E-state index contributed by atoms with van der Waals surface area (Å²) in [5.41, 5.74) is 4.81. The van der Waals surface area contributed by atoms with E-state index in [9.17, 15) is 0 Å². The molecule has 2 rings (SSSR count). The van der Waals surface area contributed by atoms with Gasteiger partial charge in [-0.2, -0.15) is 5.10 Å². The third kappa shape index (κ3) is 1.79. The van der Waals surface area contributed by atoms with Crippen molar-refractivity contribution in [3.63, 3.8) is 0 Å². The highest BCUT2D eigenvalue weighted by Gasteiger charge is 2.17. The van der Waals surface area contributed by atoms with E-state index in [1.165, 1.54) is 0 Å². The third-order valence-electron chi connectivity index (χ3n) is 2.43. The molecule has 0 bridgehead atoms. The van der Waals surface area contributed by atoms with Crippen LogP contribution in [0.5, 0.6) is 0 Å². The van der Waals surface area contributed by atoms with Crippen LogP contribution in [0.4, 0.5) is 0 Å². The van der Waals surface area contributed by atoms with Crippen LogP contribution in [0.1, 0.15) is 22.9 Å². The number of furan rings is 1. The summed E-state index contributed by atoms with van der Waals surface area (Å²) in [5.74, 6) is 6.41. The zero-order valence-electron chi connectivity index (χ0n) is 8.77. The highest BCUT2D eigenvalue weighted by atomic mass is 16.3. The van der Waals surface area contributed by atoms with E-state index in [-0.39, 0.29) is 6.04 Å². The predicted molar refractivity (Wildman–Crippen MR) is 55.8 cm³/mol. The minimum absolute atomic E-state index is 0.0718. The van der Waals surface area contributed by atoms with Gasteiger partial charge in [0.15, 0.2) is 0 Å². The monoisotopic (exact) mass is 206 g/mol. The lowest BCUT2D eigenvalue weighted by Crippen LogP contribution is -2.28. The molecule has 0 spiro atoms. The van der Waals surface area contributed by atoms with Gasteiger partial charge in [0.1, 0.15) is 5.76 Å². The van der Waals surface area contributed by atoms with E-state index in [0.29, 0.717) is 0 Å². The van der Waals surface area contributed by atoms with Crippen molar-refractivity contribution in [3.05, 3.63) is 41.6 Å². The normalized spacial score (nSPS) is 13.0. The number of rotatable bonds is 3. The summed E-state index contributed by atoms with van der Waals surface area (Å²) >= 11 is 0. The maximum absolute atomic E-state index is 5.55. The number of aryl methyl sites for hydroxylation is 2. The quantitative estimate of drug-likeness (QED) is 0.577. The first-order chi connectivity index (χ1) is 7.22. The molecule has 0 aromatic carbocycles. The van der Waals surface area contributed by atoms with Crippen molar-refractivity contribution in [1.29, 1.82) is 0 Å². The van der Waals surface area contributed by atoms with Gasteiger partial charge in [0.05, 0.1) is 18.5 Å². The van der Waals surface area contributed by atoms with Gasteiger partial charge in [-0.3, -0.25) is 10.5 Å². The molecule has 3 N–H and O–H groups in total. The molecular weight excluding hydrogens is 192 g/mol. The zero-order valence-corrected chi connectivity index (χ0v) is 8.77. The summed E-state index contributed by atoms with van der Waals surface area (Å²) in [6.45, 7) is 1.91. The fourth-order valence-corrected chi connectivity index (χ4v) is 1.65. The minimum atomic E-state index is -0.0718. The molecule has 2 aromatic heterocycles. The summed E-state index contributed by atoms with van der Waals surface area (Å²) in [6.07, 6.45) is 5.37. The molecule has 2 heterocycles. The number of nitrogens with two attached hydrogens (primary N) is 1. The molecule has 0 saturated carbocycles. The van der Waals surface area contributed by atoms with Crippen LogP contribution in [0.15, 0.2) is 29.1 Å². The molecule has 80 valence electrons. The van der Waals surface area contributed by atoms with Crippen LogP contribution >= 0.6 is 0 Å². The number of aromatic nitrogens is 2. The van der Waals surface area contributed by atoms with Crippen LogP contribution < -0.4 is 11.3 Å². The molecule has 5 nitrogen and oxygen atoms in total. The summed E-state index contributed by atoms with van der Waals surface area (Å²) in [4.78, 5) is 0. The first kappa shape index (κ1) is 9.95. The Kier molecular flexibility index (Phi) is 2.57. The molecule has 2 aromatic rings. The average Bonchev–Trinajstić information content (AvgIpc) is 2.79. The van der Waals surface area contributed by atoms with Crippen molar-refractivity contribution in [2.75, 3.05) is 0 Å². The Bertz CT molecular complexity index is 446. The topological polar surface area (TPSA) is 69.0 Å². The van der Waals surface area contributed by atoms with Crippen molar-refractivity contribution in [2.24, 2.45) is 12.9 Å². The van der Waals surface area contributed by atoms with E-state index in [2.05, 4.69) is 10.5 Å². The summed E-state index contributed by atoms with van der Waals surface area (Å²) in [5, 5.41) is 4.12. The standard InChI is InChI=1S/C10H14N4O/c1-7-9(3-4-15-7)10(13-11)8-5-12-14(2)6-8/h3-6,10,13H,11H2,1-2H3. The molecule has 5 heteroatoms. The SMILES string of the molecule is Cc1occc1C(NN)c1cnn(C)c1. The molecule has 0 aliphatic rings. The number of nitrogens with zero attached hydrogens (tertiary/aromatic N) is 2. The van der Waals surface area contributed by atoms with E-state index in [0.717, 1.165) is 16.9 Å². The zero-order chi connectivity index (χ0) is 10.8. The van der Waals surface area contributed by atoms with E-state index >= 15 is 0 Å². The van der Waals surface area contributed by atoms with Gasteiger partial charge in [-0.05, 0) is 13.0 Å². The van der Waals surface area contributed by atoms with Crippen molar-refractivity contribution in [1.82, 2.24) is 15.2 Å². The number of nitrogens with one attached hydrogen (secondary N) is 1. The largest absolute Gasteiger partial charge is 0.469 e. The Labute approximate surface area is 87.8 Å². The fourth-order valence-electron chi connectivity index (χ4n) is 1.65. The number of hydrogen-bond donors (Lipinski definition) is 2. The highest BCUT2D eigenvalue weighted by Crippen LogP contribution is 2.24. The van der Waals surface area contributed by atoms with Crippen LogP contribution in [-0.2, 0) is 7.05 Å². The van der Waals surface area contributed by atoms with Crippen molar-refractivity contribution < 1.29 is 4.42 Å². The lowest BCUT2D eigenvalue weighted by Gasteiger charge is -2.12. The highest BCUT2D eigenvalue weighted by molar-refractivity contribution is 5.30. The van der Waals surface area contributed by atoms with Gasteiger partial charge in [-0.15, -0.1) is 0 Å². The second-order valence-electron chi connectivity index (χ2n) is 3.48. The molecule has 15 heavy (non-hydrogen) atoms. The number of hydrogen-bond acceptors (Lipinski definition) is 4. The molecule has 0 fully saturated rings. The van der Waals surface area contributed by atoms with Crippen LogP contribution in [0.2, 0.25) is 0 Å². The van der Waals surface area contributed by atoms with E-state index in [4.69, 9.17) is 10.3 Å². The predicted octanol–water partition coefficient (Wildman–Crippen LogP) is 0.874. The summed E-state index contributed by atoms with van der Waals surface area (Å²) < 4.78 is 7.00. The van der Waals surface area contributed by atoms with Crippen LogP contribution in [0.3, 0.4) is 0 Å². The third-order valence-corrected chi connectivity index (χ3v) is 2.43. The van der Waals surface area contributed by atoms with Gasteiger partial charge >= 0.3 is 0 Å². The summed E-state index contributed by atoms with van der Waals surface area (Å²) in [6, 6.07) is 1.84. The Morgan fingerprint density at radius 3 is 2.87 bits per heavy atom. The first-order valence-electron chi connectivity index (χ1n) is 4.71. The Morgan fingerprint density at radius 2 is 2.40 bits per heavy atom. The van der Waals surface area contributed by atoms with Gasteiger partial charge in [-0.1, -0.05) is 0 Å². The van der Waals surface area contributed by atoms with E-state index in [1.807, 2.05) is 26.2 Å². The average molecular weight is 206 g/mol. The van der Waals surface area contributed by atoms with Crippen molar-refractivity contribution >= 4 is 0 Å². The fraction of sp³-hybridized carbons (Fsp3) is 0.300. The Morgan fingerprint density at radius 1 is 1.60 bits per heavy atom. The minimum Gasteiger partial charge on any atom is -0.469 e. The van der Waals surface area contributed by atoms with Crippen molar-refractivity contribution in [3.8, 4) is 0 Å². The molecule has 1 atom stereocenters. The van der Waals surface area contributed by atoms with Gasteiger partial charge in [0, 0.05) is 24.4 Å². The number of hydrazine groups is 1. The van der Waals surface area contributed by atoms with Crippen LogP contribution in [0, 0.1) is 6.92 Å². The lowest BCUT2D eigenvalue weighted by molar-refractivity contribution is 0.520. The van der Waals surface area contributed by atoms with Gasteiger partial charge in [0.2, 0.25) is 0 Å². The Balaban J connectivity index is 2.36. The second-order valence-corrected chi connectivity index (χ2v) is 3.48. The molecular formula is C10H14N4O. The van der Waals surface area contributed by atoms with E-state index < -0.39 is 0 Å². The Hall–Kier alpha value is -1.59. The summed E-state index contributed by atoms with van der Waals surface area (Å²) in [7, 11) is 1.87. The molecule has 0 saturated heterocycles. The lowest BCUT2D eigenvalue weighted by atomic mass is 10.0. The van der Waals surface area contributed by atoms with Gasteiger partial charge < -0.3 is 4.42 Å². The molecule has 0 aliphatic heterocycles. The maximum Gasteiger partial charge on any atom is 0.105 e. The van der Waals surface area contributed by atoms with Crippen LogP contribution in [0.25, 0.3) is 0 Å². The smallest absolute Gasteiger partial charge is 0.105 e.